The van der Waals surface area contributed by atoms with Crippen molar-refractivity contribution in [1.29, 1.82) is 0 Å². The molecule has 1 aromatic carbocycles. The minimum absolute atomic E-state index is 0.0253. The monoisotopic (exact) mass is 402 g/mol. The Hall–Kier alpha value is -0.880. The van der Waals surface area contributed by atoms with Crippen LogP contribution in [0.4, 0.5) is 5.69 Å². The molecule has 4 nitrogen and oxygen atoms in total. The van der Waals surface area contributed by atoms with Crippen LogP contribution in [0.1, 0.15) is 20.8 Å². The Morgan fingerprint density at radius 3 is 2.50 bits per heavy atom. The van der Waals surface area contributed by atoms with Crippen LogP contribution in [-0.4, -0.2) is 23.9 Å². The van der Waals surface area contributed by atoms with Crippen molar-refractivity contribution in [3.63, 3.8) is 0 Å². The van der Waals surface area contributed by atoms with Crippen molar-refractivity contribution in [1.82, 2.24) is 5.32 Å². The lowest BCUT2D eigenvalue weighted by Crippen LogP contribution is -2.64. The highest BCUT2D eigenvalue weighted by atomic mass is 79.9. The van der Waals surface area contributed by atoms with Crippen LogP contribution in [0.3, 0.4) is 0 Å². The number of halogens is 2. The number of anilines is 1. The molecule has 1 saturated heterocycles. The minimum Gasteiger partial charge on any atom is -0.343 e. The number of benzene rings is 1. The summed E-state index contributed by atoms with van der Waals surface area (Å²) < 4.78 is 1.66. The zero-order valence-corrected chi connectivity index (χ0v) is 14.7. The van der Waals surface area contributed by atoms with Crippen LogP contribution in [0.15, 0.2) is 27.1 Å². The average molecular weight is 404 g/mol. The first-order valence-corrected chi connectivity index (χ1v) is 8.00. The van der Waals surface area contributed by atoms with E-state index in [2.05, 4.69) is 37.2 Å². The van der Waals surface area contributed by atoms with Gasteiger partial charge in [0.2, 0.25) is 11.8 Å². The van der Waals surface area contributed by atoms with Gasteiger partial charge in [0.05, 0.1) is 5.69 Å². The van der Waals surface area contributed by atoms with Crippen molar-refractivity contribution in [2.45, 2.75) is 32.9 Å². The summed E-state index contributed by atoms with van der Waals surface area (Å²) in [5.74, 6) is -0.182. The molecule has 20 heavy (non-hydrogen) atoms. The zero-order valence-electron chi connectivity index (χ0n) is 11.5. The van der Waals surface area contributed by atoms with E-state index in [1.807, 2.05) is 32.0 Å². The molecule has 1 aliphatic rings. The number of carbonyl (C=O) groups is 2. The van der Waals surface area contributed by atoms with Gasteiger partial charge in [-0.25, -0.2) is 0 Å². The second kappa shape index (κ2) is 5.85. The molecule has 2 amide bonds. The Morgan fingerprint density at radius 2 is 1.90 bits per heavy atom. The highest BCUT2D eigenvalue weighted by Gasteiger charge is 2.41. The van der Waals surface area contributed by atoms with E-state index in [0.29, 0.717) is 5.69 Å². The van der Waals surface area contributed by atoms with E-state index < -0.39 is 12.1 Å². The smallest absolute Gasteiger partial charge is 0.250 e. The molecule has 1 aromatic rings. The lowest BCUT2D eigenvalue weighted by atomic mass is 9.96. The van der Waals surface area contributed by atoms with Crippen LogP contribution >= 0.6 is 31.9 Å². The Morgan fingerprint density at radius 1 is 1.25 bits per heavy atom. The van der Waals surface area contributed by atoms with E-state index in [1.165, 1.54) is 0 Å². The van der Waals surface area contributed by atoms with Gasteiger partial charge in [-0.1, -0.05) is 29.8 Å². The fourth-order valence-corrected chi connectivity index (χ4v) is 3.15. The summed E-state index contributed by atoms with van der Waals surface area (Å²) >= 11 is 6.87. The number of nitrogens with one attached hydrogen (secondary N) is 1. The van der Waals surface area contributed by atoms with Gasteiger partial charge in [0.25, 0.3) is 0 Å². The number of hydrogen-bond donors (Lipinski definition) is 1. The third kappa shape index (κ3) is 2.76. The standard InChI is InChI=1S/C14H16Br2N2O2/c1-7(2)12-13(19)17-8(3)14(20)18(12)11-6-9(15)4-5-10(11)16/h4-8,12H,1-3H3,(H,17,19). The van der Waals surface area contributed by atoms with Gasteiger partial charge >= 0.3 is 0 Å². The molecule has 0 saturated carbocycles. The molecule has 0 bridgehead atoms. The molecule has 0 radical (unpaired) electrons. The Bertz CT molecular complexity index is 560. The summed E-state index contributed by atoms with van der Waals surface area (Å²) in [5.41, 5.74) is 0.713. The van der Waals surface area contributed by atoms with Gasteiger partial charge in [-0.15, -0.1) is 0 Å². The van der Waals surface area contributed by atoms with Gasteiger partial charge in [0.15, 0.2) is 0 Å². The van der Waals surface area contributed by atoms with Crippen LogP contribution in [0, 0.1) is 5.92 Å². The fraction of sp³-hybridized carbons (Fsp3) is 0.429. The zero-order chi connectivity index (χ0) is 15.0. The van der Waals surface area contributed by atoms with Crippen LogP contribution in [0.5, 0.6) is 0 Å². The van der Waals surface area contributed by atoms with E-state index in [9.17, 15) is 9.59 Å². The number of piperazine rings is 1. The highest BCUT2D eigenvalue weighted by molar-refractivity contribution is 9.11. The summed E-state index contributed by atoms with van der Waals surface area (Å²) in [6.45, 7) is 5.58. The molecule has 6 heteroatoms. The number of amides is 2. The van der Waals surface area contributed by atoms with Crippen molar-refractivity contribution >= 4 is 49.4 Å². The second-order valence-electron chi connectivity index (χ2n) is 5.22. The van der Waals surface area contributed by atoms with Crippen molar-refractivity contribution in [3.05, 3.63) is 27.1 Å². The van der Waals surface area contributed by atoms with Crippen LogP contribution in [0.2, 0.25) is 0 Å². The van der Waals surface area contributed by atoms with E-state index >= 15 is 0 Å². The first kappa shape index (κ1) is 15.5. The molecular formula is C14H16Br2N2O2. The first-order chi connectivity index (χ1) is 9.32. The average Bonchev–Trinajstić information content (AvgIpc) is 2.36. The quantitative estimate of drug-likeness (QED) is 0.824. The molecule has 1 heterocycles. The maximum Gasteiger partial charge on any atom is 0.250 e. The number of carbonyl (C=O) groups excluding carboxylic acids is 2. The Balaban J connectivity index is 2.55. The van der Waals surface area contributed by atoms with Crippen molar-refractivity contribution in [2.24, 2.45) is 5.92 Å². The third-order valence-electron chi connectivity index (χ3n) is 3.31. The molecule has 1 N–H and O–H groups in total. The Kier molecular flexibility index (Phi) is 4.54. The van der Waals surface area contributed by atoms with Gasteiger partial charge in [-0.05, 0) is 47.0 Å². The number of hydrogen-bond acceptors (Lipinski definition) is 2. The van der Waals surface area contributed by atoms with Crippen LogP contribution < -0.4 is 10.2 Å². The van der Waals surface area contributed by atoms with E-state index in [4.69, 9.17) is 0 Å². The predicted octanol–water partition coefficient (Wildman–Crippen LogP) is 3.09. The lowest BCUT2D eigenvalue weighted by Gasteiger charge is -2.40. The van der Waals surface area contributed by atoms with Crippen molar-refractivity contribution in [3.8, 4) is 0 Å². The minimum atomic E-state index is -0.511. The lowest BCUT2D eigenvalue weighted by molar-refractivity contribution is -0.134. The van der Waals surface area contributed by atoms with E-state index in [1.54, 1.807) is 11.8 Å². The van der Waals surface area contributed by atoms with Crippen molar-refractivity contribution < 1.29 is 9.59 Å². The molecule has 0 aliphatic carbocycles. The van der Waals surface area contributed by atoms with Crippen LogP contribution in [0.25, 0.3) is 0 Å². The maximum absolute atomic E-state index is 12.5. The molecule has 108 valence electrons. The van der Waals surface area contributed by atoms with Gasteiger partial charge in [-0.2, -0.15) is 0 Å². The van der Waals surface area contributed by atoms with Gasteiger partial charge in [-0.3, -0.25) is 14.5 Å². The summed E-state index contributed by atoms with van der Waals surface area (Å²) in [5, 5.41) is 2.74. The third-order valence-corrected chi connectivity index (χ3v) is 4.48. The summed E-state index contributed by atoms with van der Waals surface area (Å²) in [4.78, 5) is 26.4. The molecule has 2 rings (SSSR count). The molecule has 0 aromatic heterocycles. The molecule has 2 atom stereocenters. The maximum atomic E-state index is 12.5. The van der Waals surface area contributed by atoms with Gasteiger partial charge in [0.1, 0.15) is 12.1 Å². The fourth-order valence-electron chi connectivity index (χ4n) is 2.36. The second-order valence-corrected chi connectivity index (χ2v) is 6.99. The SMILES string of the molecule is CC1NC(=O)C(C(C)C)N(c2cc(Br)ccc2Br)C1=O. The van der Waals surface area contributed by atoms with Gasteiger partial charge < -0.3 is 5.32 Å². The number of nitrogens with zero attached hydrogens (tertiary/aromatic N) is 1. The first-order valence-electron chi connectivity index (χ1n) is 6.41. The predicted molar refractivity (Wildman–Crippen MR) is 85.6 cm³/mol. The molecule has 0 spiro atoms. The molecule has 1 aliphatic heterocycles. The van der Waals surface area contributed by atoms with E-state index in [-0.39, 0.29) is 17.7 Å². The largest absolute Gasteiger partial charge is 0.343 e. The molecular weight excluding hydrogens is 388 g/mol. The summed E-state index contributed by atoms with van der Waals surface area (Å²) in [7, 11) is 0. The highest BCUT2D eigenvalue weighted by Crippen LogP contribution is 2.34. The van der Waals surface area contributed by atoms with E-state index in [0.717, 1.165) is 8.95 Å². The summed E-state index contributed by atoms with van der Waals surface area (Å²) in [6.07, 6.45) is 0. The normalized spacial score (nSPS) is 23.2. The van der Waals surface area contributed by atoms with Crippen molar-refractivity contribution in [2.75, 3.05) is 4.90 Å². The Labute approximate surface area is 135 Å². The number of rotatable bonds is 2. The van der Waals surface area contributed by atoms with Gasteiger partial charge in [0, 0.05) is 8.95 Å². The molecule has 1 fully saturated rings. The topological polar surface area (TPSA) is 49.4 Å². The molecule has 2 unspecified atom stereocenters. The summed E-state index contributed by atoms with van der Waals surface area (Å²) in [6, 6.07) is 4.59. The van der Waals surface area contributed by atoms with Crippen LogP contribution in [-0.2, 0) is 9.59 Å².